The minimum Gasteiger partial charge on any atom is -0.507 e. The normalized spacial score (nSPS) is 26.0. The number of nitrogens with zero attached hydrogens (tertiary/aromatic N) is 2. The molecule has 2 aromatic rings. The van der Waals surface area contributed by atoms with Crippen LogP contribution in [0.2, 0.25) is 0 Å². The first-order valence-corrected chi connectivity index (χ1v) is 17.5. The van der Waals surface area contributed by atoms with E-state index in [-0.39, 0.29) is 65.5 Å². The molecule has 0 aromatic heterocycles. The van der Waals surface area contributed by atoms with E-state index in [1.54, 1.807) is 6.92 Å². The number of nitrogens with two attached hydrogens (primary N) is 1. The van der Waals surface area contributed by atoms with E-state index in [9.17, 15) is 49.5 Å². The van der Waals surface area contributed by atoms with Gasteiger partial charge in [0, 0.05) is 67.1 Å². The van der Waals surface area contributed by atoms with Crippen molar-refractivity contribution in [2.75, 3.05) is 20.3 Å². The van der Waals surface area contributed by atoms with E-state index < -0.39 is 108 Å². The first kappa shape index (κ1) is 41.4. The molecule has 0 bridgehead atoms. The lowest BCUT2D eigenvalue weighted by Crippen LogP contribution is -2.53. The lowest BCUT2D eigenvalue weighted by atomic mass is 9.71. The second kappa shape index (κ2) is 16.5. The number of amides is 3. The molecular formula is C37H43ClN4O13. The van der Waals surface area contributed by atoms with E-state index in [4.69, 9.17) is 19.9 Å². The van der Waals surface area contributed by atoms with Crippen molar-refractivity contribution in [2.45, 2.75) is 88.1 Å². The van der Waals surface area contributed by atoms with Gasteiger partial charge >= 0.3 is 0 Å². The summed E-state index contributed by atoms with van der Waals surface area (Å²) in [5, 5.41) is 60.5. The van der Waals surface area contributed by atoms with Crippen LogP contribution in [-0.2, 0) is 30.3 Å². The number of benzene rings is 2. The van der Waals surface area contributed by atoms with Crippen LogP contribution in [0.15, 0.2) is 35.5 Å². The molecule has 2 heterocycles. The third-order valence-corrected chi connectivity index (χ3v) is 10.3. The maximum atomic E-state index is 14.0. The minimum absolute atomic E-state index is 0. The Hall–Kier alpha value is -4.75. The quantitative estimate of drug-likeness (QED) is 0.0441. The Balaban J connectivity index is 0.00000580. The molecule has 6 rings (SSSR count). The molecule has 296 valence electrons. The summed E-state index contributed by atoms with van der Waals surface area (Å²) in [5.74, 6) is -4.25. The Kier molecular flexibility index (Phi) is 12.5. The van der Waals surface area contributed by atoms with Crippen molar-refractivity contribution in [2.24, 2.45) is 10.8 Å². The highest BCUT2D eigenvalue weighted by Crippen LogP contribution is 2.52. The molecule has 8 N–H and O–H groups in total. The van der Waals surface area contributed by atoms with Gasteiger partial charge in [0.05, 0.1) is 54.4 Å². The Bertz CT molecular complexity index is 1940. The summed E-state index contributed by atoms with van der Waals surface area (Å²) in [6, 6.07) is 3.57. The van der Waals surface area contributed by atoms with Crippen molar-refractivity contribution >= 4 is 47.4 Å². The summed E-state index contributed by atoms with van der Waals surface area (Å²) >= 11 is 0. The van der Waals surface area contributed by atoms with Gasteiger partial charge in [-0.3, -0.25) is 28.9 Å². The fourth-order valence-electron chi connectivity index (χ4n) is 7.47. The topological polar surface area (TPSA) is 268 Å². The highest BCUT2D eigenvalue weighted by atomic mass is 35.5. The van der Waals surface area contributed by atoms with E-state index in [1.165, 1.54) is 37.5 Å². The van der Waals surface area contributed by atoms with Crippen molar-refractivity contribution in [3.63, 3.8) is 0 Å². The number of aliphatic hydroxyl groups is 3. The van der Waals surface area contributed by atoms with E-state index in [0.717, 1.165) is 4.90 Å². The van der Waals surface area contributed by atoms with E-state index in [1.807, 2.05) is 0 Å². The first-order valence-electron chi connectivity index (χ1n) is 17.5. The van der Waals surface area contributed by atoms with Crippen LogP contribution >= 0.6 is 12.4 Å². The number of nitrogens with one attached hydrogen (secondary N) is 1. The number of hydrazone groups is 1. The Morgan fingerprint density at radius 1 is 1.05 bits per heavy atom. The molecule has 2 aliphatic carbocycles. The predicted molar refractivity (Wildman–Crippen MR) is 194 cm³/mol. The maximum absolute atomic E-state index is 14.0. The van der Waals surface area contributed by atoms with Crippen LogP contribution in [-0.4, -0.2) is 116 Å². The first-order chi connectivity index (χ1) is 25.7. The van der Waals surface area contributed by atoms with Crippen LogP contribution in [0.4, 0.5) is 0 Å². The number of hydrogen-bond donors (Lipinski definition) is 7. The van der Waals surface area contributed by atoms with Crippen LogP contribution < -0.4 is 15.9 Å². The number of phenols is 2. The predicted octanol–water partition coefficient (Wildman–Crippen LogP) is 0.812. The number of aliphatic hydroxyl groups excluding tert-OH is 2. The van der Waals surface area contributed by atoms with Gasteiger partial charge < -0.3 is 45.5 Å². The molecule has 0 spiro atoms. The number of phenolic OH excluding ortho intramolecular Hbond substituents is 2. The van der Waals surface area contributed by atoms with Crippen LogP contribution in [0.3, 0.4) is 0 Å². The highest BCUT2D eigenvalue weighted by Gasteiger charge is 2.49. The Morgan fingerprint density at radius 3 is 2.40 bits per heavy atom. The number of carbonyl (C=O) groups is 5. The molecular weight excluding hydrogens is 744 g/mol. The number of unbranched alkanes of at least 4 members (excludes halogenated alkanes) is 2. The van der Waals surface area contributed by atoms with Crippen LogP contribution in [0.5, 0.6) is 17.2 Å². The number of ether oxygens (including phenoxy) is 3. The van der Waals surface area contributed by atoms with Gasteiger partial charge in [-0.25, -0.2) is 5.43 Å². The number of ketones is 2. The molecule has 6 atom stereocenters. The summed E-state index contributed by atoms with van der Waals surface area (Å²) in [5.41, 5.74) is 4.46. The van der Waals surface area contributed by atoms with Gasteiger partial charge in [-0.1, -0.05) is 18.6 Å². The average molecular weight is 787 g/mol. The lowest BCUT2D eigenvalue weighted by Gasteiger charge is -2.43. The fraction of sp³-hybridized carbons (Fsp3) is 0.459. The third kappa shape index (κ3) is 7.73. The summed E-state index contributed by atoms with van der Waals surface area (Å²) in [6.07, 6.45) is -1.56. The van der Waals surface area contributed by atoms with Gasteiger partial charge in [0.1, 0.15) is 22.8 Å². The zero-order chi connectivity index (χ0) is 39.1. The molecule has 17 nitrogen and oxygen atoms in total. The second-order valence-electron chi connectivity index (χ2n) is 13.8. The zero-order valence-electron chi connectivity index (χ0n) is 30.0. The third-order valence-electron chi connectivity index (χ3n) is 10.3. The number of methoxy groups -OCH3 is 1. The second-order valence-corrected chi connectivity index (χ2v) is 13.8. The lowest BCUT2D eigenvalue weighted by molar-refractivity contribution is -0.245. The van der Waals surface area contributed by atoms with Crippen molar-refractivity contribution in [1.29, 1.82) is 0 Å². The number of rotatable bonds is 12. The molecule has 3 amide bonds. The van der Waals surface area contributed by atoms with Crippen molar-refractivity contribution in [3.8, 4) is 17.2 Å². The average Bonchev–Trinajstić information content (AvgIpc) is 3.46. The van der Waals surface area contributed by atoms with Crippen molar-refractivity contribution < 1.29 is 63.7 Å². The number of imide groups is 1. The Labute approximate surface area is 321 Å². The molecule has 2 aromatic carbocycles. The van der Waals surface area contributed by atoms with Gasteiger partial charge in [0.25, 0.3) is 11.8 Å². The minimum atomic E-state index is -2.16. The van der Waals surface area contributed by atoms with E-state index >= 15 is 0 Å². The van der Waals surface area contributed by atoms with Crippen molar-refractivity contribution in [3.05, 3.63) is 63.7 Å². The number of halogens is 1. The molecule has 18 heteroatoms. The smallest absolute Gasteiger partial charge is 0.253 e. The molecule has 0 unspecified atom stereocenters. The number of carbonyl (C=O) groups excluding carboxylic acids is 5. The molecule has 1 fully saturated rings. The molecule has 55 heavy (non-hydrogen) atoms. The van der Waals surface area contributed by atoms with Gasteiger partial charge in [-0.2, -0.15) is 5.10 Å². The summed E-state index contributed by atoms with van der Waals surface area (Å²) in [4.78, 5) is 65.1. The van der Waals surface area contributed by atoms with Crippen molar-refractivity contribution in [1.82, 2.24) is 10.3 Å². The van der Waals surface area contributed by atoms with Gasteiger partial charge in [-0.05, 0) is 25.8 Å². The number of aromatic hydroxyl groups is 2. The molecule has 0 radical (unpaired) electrons. The highest BCUT2D eigenvalue weighted by molar-refractivity contribution is 6.31. The monoisotopic (exact) mass is 786 g/mol. The summed E-state index contributed by atoms with van der Waals surface area (Å²) < 4.78 is 17.4. The van der Waals surface area contributed by atoms with Gasteiger partial charge in [0.15, 0.2) is 12.1 Å². The molecule has 0 saturated carbocycles. The Morgan fingerprint density at radius 2 is 1.75 bits per heavy atom. The summed E-state index contributed by atoms with van der Waals surface area (Å²) in [6.45, 7) is 0.910. The fourth-order valence-corrected chi connectivity index (χ4v) is 7.47. The van der Waals surface area contributed by atoms with Gasteiger partial charge in [0.2, 0.25) is 11.7 Å². The standard InChI is InChI=1S/C37H42N4O13.ClH/c1-17-32(46)20(38)13-27(53-17)54-22-15-37(51,23(16-42)39-40-24(43)9-4-3-5-12-41-25(44)10-11-26(41)45)14-19-29(22)36(50)31-30(34(19)48)33(47)18-7-6-8-21(52-2)28(18)35(31)49;/h6-8,10-11,17,20,22,27,32,42,46,48,50-51H,3-5,9,12-16,38H2,1-2H3,(H,40,43);1H/b39-23-;/t17-,20-,22-,27-,32+,37-;/m0./s1. The SMILES string of the molecule is COc1cccc2c1C(=O)c1c(O)c3c(c(O)c1C2=O)C[C@@](O)(/C(CO)=N\NC(=O)CCCCCN1C(=O)C=CC1=O)C[C@@H]3O[C@H]1C[C@H](N)[C@H](O)[C@H](C)O1.Cl. The van der Waals surface area contributed by atoms with Crippen LogP contribution in [0.1, 0.15) is 94.5 Å². The molecule has 1 saturated heterocycles. The van der Waals surface area contributed by atoms with Gasteiger partial charge in [-0.15, -0.1) is 12.4 Å². The number of hydrogen-bond acceptors (Lipinski definition) is 15. The largest absolute Gasteiger partial charge is 0.507 e. The van der Waals surface area contributed by atoms with Crippen LogP contribution in [0, 0.1) is 0 Å². The number of fused-ring (bicyclic) bond motifs is 3. The summed E-state index contributed by atoms with van der Waals surface area (Å²) in [7, 11) is 1.32. The zero-order valence-corrected chi connectivity index (χ0v) is 30.8. The van der Waals surface area contributed by atoms with E-state index in [0.29, 0.717) is 19.3 Å². The molecule has 2 aliphatic heterocycles. The molecule has 4 aliphatic rings. The maximum Gasteiger partial charge on any atom is 0.253 e. The van der Waals surface area contributed by atoms with Crippen LogP contribution in [0.25, 0.3) is 0 Å². The van der Waals surface area contributed by atoms with E-state index in [2.05, 4.69) is 10.5 Å².